The van der Waals surface area contributed by atoms with Crippen LogP contribution in [0.2, 0.25) is 5.15 Å². The highest BCUT2D eigenvalue weighted by molar-refractivity contribution is 6.30. The number of aromatic nitrogens is 2. The van der Waals surface area contributed by atoms with Crippen LogP contribution in [0.4, 0.5) is 0 Å². The highest BCUT2D eigenvalue weighted by Gasteiger charge is 2.18. The molecule has 1 aromatic carbocycles. The lowest BCUT2D eigenvalue weighted by Gasteiger charge is -2.03. The Hall–Kier alpha value is -2.19. The van der Waals surface area contributed by atoms with Crippen LogP contribution in [0.3, 0.4) is 0 Å². The van der Waals surface area contributed by atoms with Crippen molar-refractivity contribution in [3.63, 3.8) is 0 Å². The Kier molecular flexibility index (Phi) is 2.39. The van der Waals surface area contributed by atoms with Crippen molar-refractivity contribution in [1.29, 1.82) is 5.26 Å². The molecule has 6 heteroatoms. The van der Waals surface area contributed by atoms with Crippen molar-refractivity contribution in [2.24, 2.45) is 7.05 Å². The first kappa shape index (κ1) is 10.9. The van der Waals surface area contributed by atoms with Crippen LogP contribution in [-0.2, 0) is 7.05 Å². The second-order valence-electron chi connectivity index (χ2n) is 3.81. The first-order valence-electron chi connectivity index (χ1n) is 5.23. The van der Waals surface area contributed by atoms with Gasteiger partial charge in [-0.05, 0) is 18.2 Å². The third-order valence-electron chi connectivity index (χ3n) is 2.79. The topological polar surface area (TPSA) is 60.1 Å². The molecule has 90 valence electrons. The molecule has 18 heavy (non-hydrogen) atoms. The van der Waals surface area contributed by atoms with Gasteiger partial charge >= 0.3 is 0 Å². The van der Waals surface area contributed by atoms with Crippen LogP contribution in [0.1, 0.15) is 5.69 Å². The van der Waals surface area contributed by atoms with Gasteiger partial charge in [-0.2, -0.15) is 5.26 Å². The fraction of sp³-hybridized carbons (Fsp3) is 0.167. The molecule has 3 rings (SSSR count). The number of ether oxygens (including phenoxy) is 2. The molecule has 0 spiro atoms. The van der Waals surface area contributed by atoms with E-state index >= 15 is 0 Å². The molecule has 1 aromatic heterocycles. The van der Waals surface area contributed by atoms with E-state index in [-0.39, 0.29) is 11.9 Å². The Morgan fingerprint density at radius 1 is 1.39 bits per heavy atom. The molecule has 0 atom stereocenters. The Labute approximate surface area is 108 Å². The number of nitrogens with zero attached hydrogens (tertiary/aromatic N) is 3. The number of benzene rings is 1. The highest BCUT2D eigenvalue weighted by atomic mass is 35.5. The minimum Gasteiger partial charge on any atom is -0.454 e. The van der Waals surface area contributed by atoms with Crippen molar-refractivity contribution >= 4 is 11.6 Å². The Morgan fingerprint density at radius 2 is 2.17 bits per heavy atom. The van der Waals surface area contributed by atoms with E-state index in [1.165, 1.54) is 0 Å². The molecule has 0 bridgehead atoms. The summed E-state index contributed by atoms with van der Waals surface area (Å²) in [7, 11) is 1.75. The molecule has 0 N–H and O–H groups in total. The molecule has 2 heterocycles. The summed E-state index contributed by atoms with van der Waals surface area (Å²) in [4.78, 5) is 4.19. The quantitative estimate of drug-likeness (QED) is 0.791. The molecular weight excluding hydrogens is 254 g/mol. The summed E-state index contributed by atoms with van der Waals surface area (Å²) in [6.07, 6.45) is 0. The molecular formula is C12H8ClN3O2. The highest BCUT2D eigenvalue weighted by Crippen LogP contribution is 2.36. The maximum Gasteiger partial charge on any atom is 0.231 e. The SMILES string of the molecule is Cn1c(-c2ccc3c(c2)OCO3)nc(Cl)c1C#N. The zero-order valence-electron chi connectivity index (χ0n) is 9.48. The van der Waals surface area contributed by atoms with E-state index in [2.05, 4.69) is 4.98 Å². The van der Waals surface area contributed by atoms with Gasteiger partial charge in [0.25, 0.3) is 0 Å². The van der Waals surface area contributed by atoms with Gasteiger partial charge in [0.1, 0.15) is 11.9 Å². The molecule has 0 amide bonds. The molecule has 1 aliphatic heterocycles. The van der Waals surface area contributed by atoms with Crippen LogP contribution in [0, 0.1) is 11.3 Å². The number of fused-ring (bicyclic) bond motifs is 1. The van der Waals surface area contributed by atoms with Crippen molar-refractivity contribution in [1.82, 2.24) is 9.55 Å². The lowest BCUT2D eigenvalue weighted by molar-refractivity contribution is 0.174. The Balaban J connectivity index is 2.14. The number of hydrogen-bond acceptors (Lipinski definition) is 4. The third-order valence-corrected chi connectivity index (χ3v) is 3.05. The Bertz CT molecular complexity index is 673. The van der Waals surface area contributed by atoms with Crippen LogP contribution >= 0.6 is 11.6 Å². The molecule has 1 aliphatic rings. The molecule has 0 unspecified atom stereocenters. The van der Waals surface area contributed by atoms with Gasteiger partial charge in [-0.25, -0.2) is 4.98 Å². The average Bonchev–Trinajstić information content (AvgIpc) is 2.93. The monoisotopic (exact) mass is 261 g/mol. The minimum atomic E-state index is 0.202. The molecule has 0 saturated heterocycles. The van der Waals surface area contributed by atoms with Crippen molar-refractivity contribution < 1.29 is 9.47 Å². The zero-order valence-corrected chi connectivity index (χ0v) is 10.2. The van der Waals surface area contributed by atoms with Gasteiger partial charge in [0.15, 0.2) is 22.3 Å². The zero-order chi connectivity index (χ0) is 12.7. The van der Waals surface area contributed by atoms with E-state index in [9.17, 15) is 0 Å². The largest absolute Gasteiger partial charge is 0.454 e. The lowest BCUT2D eigenvalue weighted by atomic mass is 10.2. The molecule has 0 fully saturated rings. The fourth-order valence-electron chi connectivity index (χ4n) is 1.88. The number of imidazole rings is 1. The second-order valence-corrected chi connectivity index (χ2v) is 4.17. The Morgan fingerprint density at radius 3 is 2.89 bits per heavy atom. The average molecular weight is 262 g/mol. The van der Waals surface area contributed by atoms with Gasteiger partial charge in [-0.3, -0.25) is 0 Å². The molecule has 2 aromatic rings. The number of nitriles is 1. The molecule has 5 nitrogen and oxygen atoms in total. The lowest BCUT2D eigenvalue weighted by Crippen LogP contribution is -1.95. The predicted molar refractivity (Wildman–Crippen MR) is 64.5 cm³/mol. The molecule has 0 radical (unpaired) electrons. The van der Waals surface area contributed by atoms with Gasteiger partial charge < -0.3 is 14.0 Å². The van der Waals surface area contributed by atoms with Crippen LogP contribution in [0.5, 0.6) is 11.5 Å². The van der Waals surface area contributed by atoms with E-state index < -0.39 is 0 Å². The van der Waals surface area contributed by atoms with Gasteiger partial charge in [0.05, 0.1) is 0 Å². The van der Waals surface area contributed by atoms with Crippen molar-refractivity contribution in [2.75, 3.05) is 6.79 Å². The smallest absolute Gasteiger partial charge is 0.231 e. The van der Waals surface area contributed by atoms with E-state index in [1.807, 2.05) is 24.3 Å². The normalized spacial score (nSPS) is 12.5. The maximum absolute atomic E-state index is 8.97. The van der Waals surface area contributed by atoms with E-state index in [0.717, 1.165) is 5.56 Å². The van der Waals surface area contributed by atoms with Crippen LogP contribution < -0.4 is 9.47 Å². The first-order valence-corrected chi connectivity index (χ1v) is 5.61. The summed E-state index contributed by atoms with van der Waals surface area (Å²) in [6, 6.07) is 7.51. The summed E-state index contributed by atoms with van der Waals surface area (Å²) in [5, 5.41) is 9.18. The van der Waals surface area contributed by atoms with E-state index in [0.29, 0.717) is 23.0 Å². The number of hydrogen-bond donors (Lipinski definition) is 0. The minimum absolute atomic E-state index is 0.202. The second kappa shape index (κ2) is 3.93. The third kappa shape index (κ3) is 1.50. The summed E-state index contributed by atoms with van der Waals surface area (Å²) in [5.74, 6) is 2.00. The van der Waals surface area contributed by atoms with Gasteiger partial charge in [0, 0.05) is 12.6 Å². The van der Waals surface area contributed by atoms with Crippen molar-refractivity contribution in [2.45, 2.75) is 0 Å². The number of rotatable bonds is 1. The van der Waals surface area contributed by atoms with Crippen molar-refractivity contribution in [3.8, 4) is 29.0 Å². The maximum atomic E-state index is 8.97. The summed E-state index contributed by atoms with van der Waals surface area (Å²) >= 11 is 5.91. The molecule has 0 aliphatic carbocycles. The standard InChI is InChI=1S/C12H8ClN3O2/c1-16-8(5-14)11(13)15-12(16)7-2-3-9-10(4-7)18-6-17-9/h2-4H,6H2,1H3. The van der Waals surface area contributed by atoms with Gasteiger partial charge in [-0.15, -0.1) is 0 Å². The first-order chi connectivity index (χ1) is 8.70. The summed E-state index contributed by atoms with van der Waals surface area (Å²) in [6.45, 7) is 0.226. The predicted octanol–water partition coefficient (Wildman–Crippen LogP) is 2.34. The van der Waals surface area contributed by atoms with E-state index in [4.69, 9.17) is 26.3 Å². The van der Waals surface area contributed by atoms with Gasteiger partial charge in [-0.1, -0.05) is 11.6 Å². The fourth-order valence-corrected chi connectivity index (χ4v) is 2.13. The summed E-state index contributed by atoms with van der Waals surface area (Å²) in [5.41, 5.74) is 1.16. The summed E-state index contributed by atoms with van der Waals surface area (Å²) < 4.78 is 12.2. The van der Waals surface area contributed by atoms with Crippen LogP contribution in [-0.4, -0.2) is 16.3 Å². The van der Waals surface area contributed by atoms with Crippen molar-refractivity contribution in [3.05, 3.63) is 29.0 Å². The van der Waals surface area contributed by atoms with Crippen LogP contribution in [0.25, 0.3) is 11.4 Å². The van der Waals surface area contributed by atoms with E-state index in [1.54, 1.807) is 11.6 Å². The molecule has 0 saturated carbocycles. The number of halogens is 1. The van der Waals surface area contributed by atoms with Crippen LogP contribution in [0.15, 0.2) is 18.2 Å². The van der Waals surface area contributed by atoms with Gasteiger partial charge in [0.2, 0.25) is 6.79 Å².